The molecule has 0 aliphatic carbocycles. The topological polar surface area (TPSA) is 92.1 Å². The number of rotatable bonds is 8. The van der Waals surface area contributed by atoms with Crippen LogP contribution in [0.15, 0.2) is 83.9 Å². The van der Waals surface area contributed by atoms with Gasteiger partial charge >= 0.3 is 0 Å². The number of benzene rings is 3. The van der Waals surface area contributed by atoms with Crippen molar-refractivity contribution in [2.24, 2.45) is 0 Å². The number of amides is 1. The third-order valence-electron chi connectivity index (χ3n) is 5.86. The molecule has 4 rings (SSSR count). The maximum atomic E-state index is 13.0. The number of halogens is 1. The van der Waals surface area contributed by atoms with Crippen molar-refractivity contribution in [1.82, 2.24) is 4.98 Å². The van der Waals surface area contributed by atoms with Crippen molar-refractivity contribution in [3.05, 3.63) is 95.0 Å². The van der Waals surface area contributed by atoms with Gasteiger partial charge in [0.25, 0.3) is 0 Å². The molecule has 1 aromatic heterocycles. The summed E-state index contributed by atoms with van der Waals surface area (Å²) in [6.07, 6.45) is 0. The molecule has 1 N–H and O–H groups in total. The molecule has 38 heavy (non-hydrogen) atoms. The van der Waals surface area contributed by atoms with Gasteiger partial charge in [0.1, 0.15) is 16.8 Å². The smallest absolute Gasteiger partial charge is 0.237 e. The number of carbonyl (C=O) groups is 2. The summed E-state index contributed by atoms with van der Waals surface area (Å²) < 4.78 is 5.27. The highest BCUT2D eigenvalue weighted by Gasteiger charge is 2.22. The Morgan fingerprint density at radius 2 is 1.63 bits per heavy atom. The van der Waals surface area contributed by atoms with E-state index in [0.29, 0.717) is 38.1 Å². The molecule has 1 heterocycles. The van der Waals surface area contributed by atoms with Gasteiger partial charge in [0, 0.05) is 27.4 Å². The summed E-state index contributed by atoms with van der Waals surface area (Å²) in [7, 11) is 1.60. The Hall–Kier alpha value is -4.12. The molecule has 0 radical (unpaired) electrons. The number of nitrogens with zero attached hydrogens (tertiary/aromatic N) is 2. The highest BCUT2D eigenvalue weighted by molar-refractivity contribution is 8.00. The van der Waals surface area contributed by atoms with Crippen LogP contribution in [0.1, 0.15) is 29.8 Å². The molecule has 1 amide bonds. The summed E-state index contributed by atoms with van der Waals surface area (Å²) in [6.45, 7) is 3.25. The Balaban J connectivity index is 1.69. The molecule has 0 spiro atoms. The van der Waals surface area contributed by atoms with Gasteiger partial charge in [-0.2, -0.15) is 5.26 Å². The monoisotopic (exact) mass is 541 g/mol. The van der Waals surface area contributed by atoms with Gasteiger partial charge in [-0.15, -0.1) is 0 Å². The maximum Gasteiger partial charge on any atom is 0.237 e. The summed E-state index contributed by atoms with van der Waals surface area (Å²) in [6, 6.07) is 25.6. The lowest BCUT2D eigenvalue weighted by atomic mass is 9.99. The van der Waals surface area contributed by atoms with Crippen LogP contribution in [0.5, 0.6) is 5.75 Å². The Morgan fingerprint density at radius 3 is 2.21 bits per heavy atom. The number of methoxy groups -OCH3 is 1. The number of pyridine rings is 1. The summed E-state index contributed by atoms with van der Waals surface area (Å²) in [4.78, 5) is 29.3. The lowest BCUT2D eigenvalue weighted by molar-refractivity contribution is -0.115. The number of aromatic nitrogens is 1. The molecule has 0 unspecified atom stereocenters. The predicted octanol–water partition coefficient (Wildman–Crippen LogP) is 7.27. The zero-order valence-electron chi connectivity index (χ0n) is 21.0. The zero-order valence-corrected chi connectivity index (χ0v) is 22.6. The minimum atomic E-state index is -0.564. The van der Waals surface area contributed by atoms with Crippen LogP contribution in [-0.4, -0.2) is 29.0 Å². The Kier molecular flexibility index (Phi) is 8.47. The molecule has 0 saturated carbocycles. The average molecular weight is 542 g/mol. The van der Waals surface area contributed by atoms with Gasteiger partial charge < -0.3 is 10.1 Å². The number of nitrogens with one attached hydrogen (secondary N) is 1. The molecule has 190 valence electrons. The van der Waals surface area contributed by atoms with E-state index >= 15 is 0 Å². The Morgan fingerprint density at radius 1 is 1.00 bits per heavy atom. The number of ketones is 1. The fourth-order valence-corrected chi connectivity index (χ4v) is 4.79. The first-order valence-corrected chi connectivity index (χ1v) is 13.0. The van der Waals surface area contributed by atoms with Crippen molar-refractivity contribution in [2.45, 2.75) is 24.1 Å². The van der Waals surface area contributed by atoms with Crippen molar-refractivity contribution in [3.63, 3.8) is 0 Å². The molecule has 0 fully saturated rings. The van der Waals surface area contributed by atoms with Gasteiger partial charge in [-0.05, 0) is 86.1 Å². The van der Waals surface area contributed by atoms with Crippen LogP contribution in [0.2, 0.25) is 5.02 Å². The third-order valence-corrected chi connectivity index (χ3v) is 7.19. The molecule has 0 saturated heterocycles. The van der Waals surface area contributed by atoms with Crippen molar-refractivity contribution in [2.75, 3.05) is 12.4 Å². The van der Waals surface area contributed by atoms with Gasteiger partial charge in [-0.3, -0.25) is 9.59 Å². The molecule has 0 bridgehead atoms. The molecular weight excluding hydrogens is 518 g/mol. The predicted molar refractivity (Wildman–Crippen MR) is 152 cm³/mol. The summed E-state index contributed by atoms with van der Waals surface area (Å²) in [5, 5.41) is 13.5. The normalized spacial score (nSPS) is 11.3. The maximum absolute atomic E-state index is 13.0. The van der Waals surface area contributed by atoms with E-state index in [0.717, 1.165) is 16.9 Å². The Labute approximate surface area is 230 Å². The van der Waals surface area contributed by atoms with E-state index in [2.05, 4.69) is 11.4 Å². The lowest BCUT2D eigenvalue weighted by Crippen LogP contribution is -2.22. The second-order valence-corrected chi connectivity index (χ2v) is 10.2. The molecule has 4 aromatic rings. The number of thioether (sulfide) groups is 1. The van der Waals surface area contributed by atoms with Crippen LogP contribution < -0.4 is 10.1 Å². The van der Waals surface area contributed by atoms with E-state index in [1.54, 1.807) is 50.4 Å². The van der Waals surface area contributed by atoms with Crippen LogP contribution in [0, 0.1) is 11.3 Å². The van der Waals surface area contributed by atoms with Crippen LogP contribution in [0.25, 0.3) is 22.4 Å². The van der Waals surface area contributed by atoms with Crippen molar-refractivity contribution in [3.8, 4) is 34.2 Å². The molecule has 8 heteroatoms. The van der Waals surface area contributed by atoms with Gasteiger partial charge in [0.15, 0.2) is 5.78 Å². The van der Waals surface area contributed by atoms with Gasteiger partial charge in [-0.1, -0.05) is 35.5 Å². The third kappa shape index (κ3) is 6.23. The van der Waals surface area contributed by atoms with E-state index in [9.17, 15) is 14.9 Å². The van der Waals surface area contributed by atoms with Crippen LogP contribution in [-0.2, 0) is 4.79 Å². The highest BCUT2D eigenvalue weighted by Crippen LogP contribution is 2.36. The number of hydrogen-bond donors (Lipinski definition) is 1. The first-order valence-electron chi connectivity index (χ1n) is 11.7. The van der Waals surface area contributed by atoms with E-state index < -0.39 is 5.25 Å². The molecule has 3 aromatic carbocycles. The minimum absolute atomic E-state index is 0.0462. The van der Waals surface area contributed by atoms with Crippen LogP contribution >= 0.6 is 23.4 Å². The SMILES string of the molecule is COc1ccc(-c2cc(-c3ccc(Cl)cc3)c(C#N)c(S[C@H](C)C(=O)Nc3ccc(C(C)=O)cc3)n2)cc1. The van der Waals surface area contributed by atoms with Crippen molar-refractivity contribution < 1.29 is 14.3 Å². The van der Waals surface area contributed by atoms with Crippen molar-refractivity contribution in [1.29, 1.82) is 5.26 Å². The molecule has 0 aliphatic rings. The number of Topliss-reactive ketones (excluding diaryl/α,β-unsaturated/α-hetero) is 1. The van der Waals surface area contributed by atoms with Gasteiger partial charge in [0.2, 0.25) is 5.91 Å². The van der Waals surface area contributed by atoms with Crippen LogP contribution in [0.3, 0.4) is 0 Å². The van der Waals surface area contributed by atoms with E-state index in [1.165, 1.54) is 18.7 Å². The number of anilines is 1. The number of nitriles is 1. The van der Waals surface area contributed by atoms with Crippen LogP contribution in [0.4, 0.5) is 5.69 Å². The quantitative estimate of drug-likeness (QED) is 0.186. The molecule has 0 aliphatic heterocycles. The first kappa shape index (κ1) is 26.9. The summed E-state index contributed by atoms with van der Waals surface area (Å²) in [5.41, 5.74) is 4.53. The fourth-order valence-electron chi connectivity index (χ4n) is 3.73. The first-order chi connectivity index (χ1) is 18.3. The molecule has 1 atom stereocenters. The summed E-state index contributed by atoms with van der Waals surface area (Å²) >= 11 is 7.31. The fraction of sp³-hybridized carbons (Fsp3) is 0.133. The van der Waals surface area contributed by atoms with Crippen molar-refractivity contribution >= 4 is 40.7 Å². The van der Waals surface area contributed by atoms with E-state index in [-0.39, 0.29) is 11.7 Å². The summed E-state index contributed by atoms with van der Waals surface area (Å²) in [5.74, 6) is 0.422. The van der Waals surface area contributed by atoms with Gasteiger partial charge in [0.05, 0.1) is 23.6 Å². The zero-order chi connectivity index (χ0) is 27.2. The second kappa shape index (κ2) is 12.0. The standard InChI is InChI=1S/C30H24ClN3O3S/c1-18(35)20-6-12-24(13-7-20)33-29(36)19(2)38-30-27(17-32)26(21-4-10-23(31)11-5-21)16-28(34-30)22-8-14-25(37-3)15-9-22/h4-16,19H,1-3H3,(H,33,36)/t19-/m1/s1. The molecular formula is C30H24ClN3O3S. The number of ether oxygens (including phenoxy) is 1. The Bertz CT molecular complexity index is 1510. The highest BCUT2D eigenvalue weighted by atomic mass is 35.5. The average Bonchev–Trinajstić information content (AvgIpc) is 2.93. The van der Waals surface area contributed by atoms with Gasteiger partial charge in [-0.25, -0.2) is 4.98 Å². The lowest BCUT2D eigenvalue weighted by Gasteiger charge is -2.16. The second-order valence-electron chi connectivity index (χ2n) is 8.47. The van der Waals surface area contributed by atoms with E-state index in [1.807, 2.05) is 42.5 Å². The largest absolute Gasteiger partial charge is 0.497 e. The van der Waals surface area contributed by atoms with E-state index in [4.69, 9.17) is 21.3 Å². The molecule has 6 nitrogen and oxygen atoms in total. The minimum Gasteiger partial charge on any atom is -0.497 e. The number of hydrogen-bond acceptors (Lipinski definition) is 6. The number of carbonyl (C=O) groups excluding carboxylic acids is 2.